The van der Waals surface area contributed by atoms with Crippen LogP contribution in [0.4, 0.5) is 0 Å². The Morgan fingerprint density at radius 1 is 0.871 bits per heavy atom. The molecule has 0 spiro atoms. The minimum Gasteiger partial charge on any atom is -0.460 e. The van der Waals surface area contributed by atoms with E-state index in [1.54, 1.807) is 40.9 Å². The third-order valence-corrected chi connectivity index (χ3v) is 16.0. The van der Waals surface area contributed by atoms with Crippen molar-refractivity contribution in [1.29, 1.82) is 0 Å². The van der Waals surface area contributed by atoms with E-state index in [1.807, 2.05) is 58.1 Å². The molecule has 4 fully saturated rings. The molecule has 1 unspecified atom stereocenters. The molecule has 15 nitrogen and oxygen atoms in total. The van der Waals surface area contributed by atoms with Crippen LogP contribution in [0.15, 0.2) is 47.6 Å². The quantitative estimate of drug-likeness (QED) is 0.134. The van der Waals surface area contributed by atoms with E-state index >= 15 is 0 Å². The summed E-state index contributed by atoms with van der Waals surface area (Å²) < 4.78 is 35.8. The maximum absolute atomic E-state index is 14.5. The van der Waals surface area contributed by atoms with E-state index in [-0.39, 0.29) is 60.7 Å². The number of amides is 1. The number of allylic oxidation sites excluding steroid dienone is 6. The number of hydrogen-bond acceptors (Lipinski definition) is 14. The van der Waals surface area contributed by atoms with Crippen LogP contribution in [-0.4, -0.2) is 144 Å². The lowest BCUT2D eigenvalue weighted by Gasteiger charge is -2.43. The van der Waals surface area contributed by atoms with Gasteiger partial charge < -0.3 is 48.6 Å². The van der Waals surface area contributed by atoms with Gasteiger partial charge in [-0.05, 0) is 114 Å². The van der Waals surface area contributed by atoms with E-state index < -0.39 is 83.4 Å². The maximum Gasteiger partial charge on any atom is 0.329 e. The third kappa shape index (κ3) is 14.4. The monoisotopic (exact) mass is 984 g/mol. The van der Waals surface area contributed by atoms with Crippen molar-refractivity contribution in [2.24, 2.45) is 41.4 Å². The fourth-order valence-electron chi connectivity index (χ4n) is 11.0. The molecule has 1 saturated carbocycles. The third-order valence-electron chi connectivity index (χ3n) is 16.0. The summed E-state index contributed by atoms with van der Waals surface area (Å²) in [6.45, 7) is 16.0. The van der Waals surface area contributed by atoms with Crippen molar-refractivity contribution >= 4 is 29.2 Å². The molecule has 2 bridgehead atoms. The normalized spacial score (nSPS) is 40.2. The van der Waals surface area contributed by atoms with E-state index in [0.29, 0.717) is 83.2 Å². The first-order chi connectivity index (χ1) is 33.1. The number of methoxy groups -OCH3 is 2. The van der Waals surface area contributed by atoms with Crippen LogP contribution in [0.2, 0.25) is 0 Å². The summed E-state index contributed by atoms with van der Waals surface area (Å²) in [7, 11) is 2.96. The molecule has 0 aromatic rings. The number of carbonyl (C=O) groups is 5. The second-order valence-electron chi connectivity index (χ2n) is 21.7. The summed E-state index contributed by atoms with van der Waals surface area (Å²) >= 11 is 0. The summed E-state index contributed by atoms with van der Waals surface area (Å²) in [5.41, 5.74) is -0.340. The smallest absolute Gasteiger partial charge is 0.329 e. The van der Waals surface area contributed by atoms with E-state index in [1.165, 1.54) is 12.0 Å². The molecule has 0 radical (unpaired) electrons. The molecule has 0 aromatic carbocycles. The van der Waals surface area contributed by atoms with Gasteiger partial charge in [-0.3, -0.25) is 19.2 Å². The zero-order valence-corrected chi connectivity index (χ0v) is 43.6. The Bertz CT molecular complexity index is 1920. The molecule has 15 heteroatoms. The van der Waals surface area contributed by atoms with Crippen LogP contribution in [0.25, 0.3) is 0 Å². The highest BCUT2D eigenvalue weighted by Gasteiger charge is 2.53. The molecule has 394 valence electrons. The van der Waals surface area contributed by atoms with Gasteiger partial charge in [0.15, 0.2) is 11.4 Å². The molecule has 1 aliphatic carbocycles. The Morgan fingerprint density at radius 2 is 1.60 bits per heavy atom. The zero-order valence-electron chi connectivity index (χ0n) is 43.6. The largest absolute Gasteiger partial charge is 0.460 e. The lowest BCUT2D eigenvalue weighted by atomic mass is 9.78. The van der Waals surface area contributed by atoms with Gasteiger partial charge in [0.1, 0.15) is 24.0 Å². The summed E-state index contributed by atoms with van der Waals surface area (Å²) in [4.78, 5) is 72.8. The second kappa shape index (κ2) is 26.0. The van der Waals surface area contributed by atoms with Crippen LogP contribution in [0.1, 0.15) is 132 Å². The molecule has 3 N–H and O–H groups in total. The highest BCUT2D eigenvalue weighted by molar-refractivity contribution is 6.39. The molecule has 4 aliphatic heterocycles. The Kier molecular flexibility index (Phi) is 21.4. The Morgan fingerprint density at radius 3 is 2.27 bits per heavy atom. The Hall–Kier alpha value is -3.41. The number of rotatable bonds is 8. The number of esters is 1. The maximum atomic E-state index is 14.5. The predicted molar refractivity (Wildman–Crippen MR) is 263 cm³/mol. The number of Topliss-reactive ketones (excluding diaryl/α,β-unsaturated/α-hetero) is 3. The minimum absolute atomic E-state index is 0.00601. The molecule has 4 heterocycles. The molecular formula is C55H85NO14. The van der Waals surface area contributed by atoms with Gasteiger partial charge in [0, 0.05) is 57.3 Å². The van der Waals surface area contributed by atoms with Gasteiger partial charge >= 0.3 is 5.97 Å². The number of aliphatic hydroxyl groups is 3. The molecule has 5 aliphatic rings. The Balaban J connectivity index is 1.49. The topological polar surface area (TPSA) is 205 Å². The van der Waals surface area contributed by atoms with Crippen molar-refractivity contribution in [3.05, 3.63) is 47.6 Å². The van der Waals surface area contributed by atoms with Crippen molar-refractivity contribution in [2.45, 2.75) is 186 Å². The molecule has 70 heavy (non-hydrogen) atoms. The lowest BCUT2D eigenvalue weighted by molar-refractivity contribution is -0.266. The summed E-state index contributed by atoms with van der Waals surface area (Å²) in [5.74, 6) is -7.89. The number of aliphatic hydroxyl groups excluding tert-OH is 2. The number of piperidine rings is 1. The first kappa shape index (κ1) is 57.5. The molecule has 15 atom stereocenters. The zero-order chi connectivity index (χ0) is 51.5. The second-order valence-corrected chi connectivity index (χ2v) is 21.7. The minimum atomic E-state index is -2.45. The number of ether oxygens (including phenoxy) is 6. The molecule has 5 rings (SSSR count). The first-order valence-corrected chi connectivity index (χ1v) is 26.0. The van der Waals surface area contributed by atoms with Crippen LogP contribution in [0, 0.1) is 41.4 Å². The number of nitrogens with zero attached hydrogens (tertiary/aromatic N) is 1. The van der Waals surface area contributed by atoms with Crippen molar-refractivity contribution in [2.75, 3.05) is 40.6 Å². The highest BCUT2D eigenvalue weighted by Crippen LogP contribution is 2.38. The number of ketones is 3. The Labute approximate surface area is 416 Å². The van der Waals surface area contributed by atoms with Crippen molar-refractivity contribution in [1.82, 2.24) is 4.90 Å². The highest BCUT2D eigenvalue weighted by atomic mass is 16.6. The predicted octanol–water partition coefficient (Wildman–Crippen LogP) is 6.59. The van der Waals surface area contributed by atoms with E-state index in [0.717, 1.165) is 12.0 Å². The van der Waals surface area contributed by atoms with Gasteiger partial charge in [0.05, 0.1) is 44.2 Å². The summed E-state index contributed by atoms with van der Waals surface area (Å²) in [6.07, 6.45) is 12.2. The van der Waals surface area contributed by atoms with Gasteiger partial charge in [-0.1, -0.05) is 71.1 Å². The number of carbonyl (C=O) groups excluding carboxylic acids is 5. The molecule has 0 aromatic heterocycles. The number of fused-ring (bicyclic) bond motifs is 3. The van der Waals surface area contributed by atoms with Gasteiger partial charge in [0.25, 0.3) is 11.7 Å². The van der Waals surface area contributed by atoms with Crippen LogP contribution >= 0.6 is 0 Å². The van der Waals surface area contributed by atoms with Crippen molar-refractivity contribution < 1.29 is 67.7 Å². The number of cyclic esters (lactones) is 1. The van der Waals surface area contributed by atoms with Crippen LogP contribution < -0.4 is 0 Å². The van der Waals surface area contributed by atoms with Gasteiger partial charge in [0.2, 0.25) is 5.79 Å². The molecular weight excluding hydrogens is 899 g/mol. The van der Waals surface area contributed by atoms with Crippen molar-refractivity contribution in [3.8, 4) is 0 Å². The average molecular weight is 984 g/mol. The van der Waals surface area contributed by atoms with Crippen molar-refractivity contribution in [3.63, 3.8) is 0 Å². The van der Waals surface area contributed by atoms with Gasteiger partial charge in [-0.25, -0.2) is 4.79 Å². The van der Waals surface area contributed by atoms with Gasteiger partial charge in [-0.15, -0.1) is 0 Å². The first-order valence-electron chi connectivity index (χ1n) is 26.0. The van der Waals surface area contributed by atoms with Crippen LogP contribution in [0.3, 0.4) is 0 Å². The SMILES string of the molecule is CO[C@@H]1C[C@H](C[C@@H](C)[C@@H]2CC(=O)[C@H](C)/C=C(\C)[C@@H](O)[C@](C)(OC)C(=O)[C@H](C)C[C@H](C)C=C/C=C/C=C(\C)[C@H](OCC3COC3)C[C@@H]3CC[C@@H](C)[C@@](O)(O3)C(=O)C(=O)N3CCCCC3C(=O)O2)CC[C@H]1O. The summed E-state index contributed by atoms with van der Waals surface area (Å²) in [6, 6.07) is -1.15. The number of hydrogen-bond donors (Lipinski definition) is 3. The van der Waals surface area contributed by atoms with E-state index in [2.05, 4.69) is 0 Å². The average Bonchev–Trinajstić information content (AvgIpc) is 3.32. The lowest BCUT2D eigenvalue weighted by Crippen LogP contribution is -2.61. The van der Waals surface area contributed by atoms with Crippen LogP contribution in [-0.2, 0) is 52.4 Å². The fourth-order valence-corrected chi connectivity index (χ4v) is 11.0. The van der Waals surface area contributed by atoms with E-state index in [4.69, 9.17) is 28.4 Å². The molecule has 3 saturated heterocycles. The standard InChI is InChI=1S/C55H85NO14/c1-33-16-12-11-13-17-34(2)46(68-32-41-30-67-31-41)28-42-21-19-39(7)55(64,70-42)51(61)52(62)56-23-15-14-18-43(56)53(63)69-47(36(4)26-40-20-22-44(57)48(27-40)65-9)29-45(58)35(3)25-38(6)50(60)54(8,66-10)49(59)37(5)24-33/h11-13,16-17,25,33,35-37,39-44,46-48,50,57,60,64H,14-15,18-24,26-32H2,1-10H3/b13-11+,16-12?,34-17+,38-25+/t33-,35-,36-,37-,39-,40+,42+,43?,44-,46-,47+,48-,50-,54-,55-/m1/s1. The van der Waals surface area contributed by atoms with E-state index in [9.17, 15) is 39.3 Å². The van der Waals surface area contributed by atoms with Gasteiger partial charge in [-0.2, -0.15) is 0 Å². The fraction of sp³-hybridized carbons (Fsp3) is 0.764. The molecule has 1 amide bonds. The summed E-state index contributed by atoms with van der Waals surface area (Å²) in [5, 5.41) is 34.4. The van der Waals surface area contributed by atoms with Crippen LogP contribution in [0.5, 0.6) is 0 Å².